The summed E-state index contributed by atoms with van der Waals surface area (Å²) in [5, 5.41) is 3.22. The fourth-order valence-electron chi connectivity index (χ4n) is 2.36. The van der Waals surface area contributed by atoms with Gasteiger partial charge in [0.1, 0.15) is 0 Å². The SMILES string of the molecule is COC(=O)C(C(=O)OC)C(Nc1ccccc1)c1ccccc1. The third-order valence-electron chi connectivity index (χ3n) is 3.50. The van der Waals surface area contributed by atoms with E-state index in [0.717, 1.165) is 11.3 Å². The van der Waals surface area contributed by atoms with Crippen molar-refractivity contribution in [3.63, 3.8) is 0 Å². The van der Waals surface area contributed by atoms with Crippen molar-refractivity contribution in [1.29, 1.82) is 0 Å². The Hall–Kier alpha value is -2.82. The zero-order valence-electron chi connectivity index (χ0n) is 13.1. The van der Waals surface area contributed by atoms with Gasteiger partial charge in [0.15, 0.2) is 5.92 Å². The summed E-state index contributed by atoms with van der Waals surface area (Å²) in [5.74, 6) is -2.39. The third-order valence-corrected chi connectivity index (χ3v) is 3.50. The number of esters is 2. The Kier molecular flexibility index (Phi) is 5.74. The van der Waals surface area contributed by atoms with Gasteiger partial charge in [0, 0.05) is 5.69 Å². The number of anilines is 1. The maximum Gasteiger partial charge on any atom is 0.322 e. The topological polar surface area (TPSA) is 64.6 Å². The largest absolute Gasteiger partial charge is 0.468 e. The summed E-state index contributed by atoms with van der Waals surface area (Å²) in [6.07, 6.45) is 0. The summed E-state index contributed by atoms with van der Waals surface area (Å²) in [4.78, 5) is 24.3. The van der Waals surface area contributed by atoms with Crippen molar-refractivity contribution in [2.45, 2.75) is 6.04 Å². The number of carbonyl (C=O) groups is 2. The molecule has 0 fully saturated rings. The number of hydrogen-bond acceptors (Lipinski definition) is 5. The van der Waals surface area contributed by atoms with Gasteiger partial charge in [0.2, 0.25) is 0 Å². The molecule has 0 amide bonds. The van der Waals surface area contributed by atoms with Gasteiger partial charge in [-0.25, -0.2) is 0 Å². The Labute approximate surface area is 135 Å². The maximum absolute atomic E-state index is 12.2. The average Bonchev–Trinajstić information content (AvgIpc) is 2.62. The number of hydrogen-bond donors (Lipinski definition) is 1. The lowest BCUT2D eigenvalue weighted by atomic mass is 9.92. The van der Waals surface area contributed by atoms with Crippen molar-refractivity contribution in [3.05, 3.63) is 66.2 Å². The van der Waals surface area contributed by atoms with Crippen LogP contribution in [0.1, 0.15) is 11.6 Å². The van der Waals surface area contributed by atoms with Crippen LogP contribution in [0.15, 0.2) is 60.7 Å². The van der Waals surface area contributed by atoms with Gasteiger partial charge in [-0.05, 0) is 17.7 Å². The highest BCUT2D eigenvalue weighted by Crippen LogP contribution is 2.28. The number of nitrogens with one attached hydrogen (secondary N) is 1. The molecule has 0 aliphatic rings. The van der Waals surface area contributed by atoms with Crippen LogP contribution < -0.4 is 5.32 Å². The number of rotatable bonds is 6. The van der Waals surface area contributed by atoms with Crippen LogP contribution in [-0.4, -0.2) is 26.2 Å². The first kappa shape index (κ1) is 16.5. The Morgan fingerprint density at radius 1 is 0.826 bits per heavy atom. The Morgan fingerprint density at radius 3 is 1.78 bits per heavy atom. The zero-order chi connectivity index (χ0) is 16.7. The molecule has 0 aromatic heterocycles. The lowest BCUT2D eigenvalue weighted by molar-refractivity contribution is -0.159. The van der Waals surface area contributed by atoms with Gasteiger partial charge in [-0.15, -0.1) is 0 Å². The summed E-state index contributed by atoms with van der Waals surface area (Å²) in [5.41, 5.74) is 1.58. The molecule has 0 heterocycles. The molecule has 2 aromatic carbocycles. The van der Waals surface area contributed by atoms with Gasteiger partial charge in [0.05, 0.1) is 20.3 Å². The molecular weight excluding hydrogens is 294 g/mol. The first-order valence-corrected chi connectivity index (χ1v) is 7.19. The summed E-state index contributed by atoms with van der Waals surface area (Å²) in [6.45, 7) is 0. The van der Waals surface area contributed by atoms with Crippen molar-refractivity contribution in [3.8, 4) is 0 Å². The molecule has 5 nitrogen and oxygen atoms in total. The van der Waals surface area contributed by atoms with Crippen molar-refractivity contribution < 1.29 is 19.1 Å². The van der Waals surface area contributed by atoms with Crippen LogP contribution in [0.25, 0.3) is 0 Å². The molecule has 0 aliphatic heterocycles. The van der Waals surface area contributed by atoms with Gasteiger partial charge in [-0.1, -0.05) is 48.5 Å². The quantitative estimate of drug-likeness (QED) is 0.656. The van der Waals surface area contributed by atoms with Crippen LogP contribution >= 0.6 is 0 Å². The fourth-order valence-corrected chi connectivity index (χ4v) is 2.36. The summed E-state index contributed by atoms with van der Waals surface area (Å²) in [7, 11) is 2.51. The Bertz CT molecular complexity index is 627. The number of benzene rings is 2. The number of carbonyl (C=O) groups excluding carboxylic acids is 2. The minimum atomic E-state index is -1.10. The monoisotopic (exact) mass is 313 g/mol. The van der Waals surface area contributed by atoms with Crippen LogP contribution in [0.4, 0.5) is 5.69 Å². The zero-order valence-corrected chi connectivity index (χ0v) is 13.1. The lowest BCUT2D eigenvalue weighted by Gasteiger charge is -2.26. The van der Waals surface area contributed by atoms with E-state index in [1.807, 2.05) is 60.7 Å². The predicted octanol–water partition coefficient (Wildman–Crippen LogP) is 2.80. The molecule has 2 aromatic rings. The van der Waals surface area contributed by atoms with E-state index < -0.39 is 23.9 Å². The molecule has 0 aliphatic carbocycles. The third kappa shape index (κ3) is 4.10. The molecule has 1 N–H and O–H groups in total. The first-order chi connectivity index (χ1) is 11.2. The van der Waals surface area contributed by atoms with E-state index in [1.54, 1.807) is 0 Å². The molecular formula is C18H19NO4. The van der Waals surface area contributed by atoms with Crippen molar-refractivity contribution in [2.75, 3.05) is 19.5 Å². The van der Waals surface area contributed by atoms with Crippen LogP contribution in [0, 0.1) is 5.92 Å². The van der Waals surface area contributed by atoms with Gasteiger partial charge in [0.25, 0.3) is 0 Å². The minimum Gasteiger partial charge on any atom is -0.468 e. The van der Waals surface area contributed by atoms with Crippen LogP contribution in [0.5, 0.6) is 0 Å². The summed E-state index contributed by atoms with van der Waals surface area (Å²) < 4.78 is 9.59. The van der Waals surface area contributed by atoms with Gasteiger partial charge in [-0.3, -0.25) is 9.59 Å². The smallest absolute Gasteiger partial charge is 0.322 e. The molecule has 0 saturated carbocycles. The van der Waals surface area contributed by atoms with E-state index in [-0.39, 0.29) is 0 Å². The summed E-state index contributed by atoms with van der Waals surface area (Å²) in [6, 6.07) is 18.0. The Morgan fingerprint density at radius 2 is 1.30 bits per heavy atom. The van der Waals surface area contributed by atoms with Crippen LogP contribution in [0.3, 0.4) is 0 Å². The van der Waals surface area contributed by atoms with Crippen LogP contribution in [0.2, 0.25) is 0 Å². The van der Waals surface area contributed by atoms with E-state index in [2.05, 4.69) is 5.32 Å². The molecule has 0 radical (unpaired) electrons. The van der Waals surface area contributed by atoms with E-state index >= 15 is 0 Å². The lowest BCUT2D eigenvalue weighted by Crippen LogP contribution is -2.35. The van der Waals surface area contributed by atoms with Crippen molar-refractivity contribution in [1.82, 2.24) is 0 Å². The average molecular weight is 313 g/mol. The molecule has 120 valence electrons. The van der Waals surface area contributed by atoms with Crippen molar-refractivity contribution >= 4 is 17.6 Å². The molecule has 23 heavy (non-hydrogen) atoms. The van der Waals surface area contributed by atoms with Gasteiger partial charge in [-0.2, -0.15) is 0 Å². The van der Waals surface area contributed by atoms with E-state index in [9.17, 15) is 9.59 Å². The first-order valence-electron chi connectivity index (χ1n) is 7.19. The second-order valence-electron chi connectivity index (χ2n) is 4.92. The second-order valence-corrected chi connectivity index (χ2v) is 4.92. The number of methoxy groups -OCH3 is 2. The minimum absolute atomic E-state index is 0.599. The highest BCUT2D eigenvalue weighted by molar-refractivity contribution is 5.96. The second kappa shape index (κ2) is 7.98. The van der Waals surface area contributed by atoms with Crippen molar-refractivity contribution in [2.24, 2.45) is 5.92 Å². The van der Waals surface area contributed by atoms with E-state index in [4.69, 9.17) is 9.47 Å². The standard InChI is InChI=1S/C18H19NO4/c1-22-17(20)15(18(21)23-2)16(13-9-5-3-6-10-13)19-14-11-7-4-8-12-14/h3-12,15-16,19H,1-2H3. The highest BCUT2D eigenvalue weighted by Gasteiger charge is 2.38. The molecule has 0 saturated heterocycles. The normalized spacial score (nSPS) is 11.6. The molecule has 0 spiro atoms. The van der Waals surface area contributed by atoms with E-state index in [0.29, 0.717) is 0 Å². The molecule has 2 rings (SSSR count). The molecule has 1 atom stereocenters. The highest BCUT2D eigenvalue weighted by atomic mass is 16.5. The molecule has 5 heteroatoms. The van der Waals surface area contributed by atoms with Crippen LogP contribution in [-0.2, 0) is 19.1 Å². The fraction of sp³-hybridized carbons (Fsp3) is 0.222. The van der Waals surface area contributed by atoms with Gasteiger partial charge < -0.3 is 14.8 Å². The Balaban J connectivity index is 2.42. The van der Waals surface area contributed by atoms with E-state index in [1.165, 1.54) is 14.2 Å². The summed E-state index contributed by atoms with van der Waals surface area (Å²) >= 11 is 0. The predicted molar refractivity (Wildman–Crippen MR) is 86.8 cm³/mol. The maximum atomic E-state index is 12.2. The molecule has 0 bridgehead atoms. The number of ether oxygens (including phenoxy) is 2. The molecule has 1 unspecified atom stereocenters. The van der Waals surface area contributed by atoms with Gasteiger partial charge >= 0.3 is 11.9 Å². The number of para-hydroxylation sites is 1.